The van der Waals surface area contributed by atoms with Crippen molar-refractivity contribution in [2.24, 2.45) is 0 Å². The van der Waals surface area contributed by atoms with E-state index in [0.29, 0.717) is 17.2 Å². The number of benzene rings is 1. The van der Waals surface area contributed by atoms with Crippen LogP contribution in [0.1, 0.15) is 11.4 Å². The Bertz CT molecular complexity index is 845. The Morgan fingerprint density at radius 1 is 1.14 bits per heavy atom. The number of amides is 1. The molecule has 3 rings (SSSR count). The predicted octanol–water partition coefficient (Wildman–Crippen LogP) is 2.70. The van der Waals surface area contributed by atoms with Crippen LogP contribution in [0.3, 0.4) is 0 Å². The zero-order chi connectivity index (χ0) is 15.5. The van der Waals surface area contributed by atoms with Crippen LogP contribution in [0.4, 0.5) is 11.5 Å². The van der Waals surface area contributed by atoms with Crippen molar-refractivity contribution in [3.8, 4) is 0 Å². The molecule has 5 heteroatoms. The summed E-state index contributed by atoms with van der Waals surface area (Å²) in [5.74, 6) is 0.416. The maximum atomic E-state index is 12.1. The molecular weight excluding hydrogens is 276 g/mol. The largest absolute Gasteiger partial charge is 0.399 e. The minimum absolute atomic E-state index is 0.139. The molecule has 1 amide bonds. The Balaban J connectivity index is 1.75. The van der Waals surface area contributed by atoms with Crippen molar-refractivity contribution < 1.29 is 4.79 Å². The molecule has 0 bridgehead atoms. The Morgan fingerprint density at radius 2 is 2.00 bits per heavy atom. The fourth-order valence-electron chi connectivity index (χ4n) is 2.25. The van der Waals surface area contributed by atoms with Gasteiger partial charge in [0.25, 0.3) is 0 Å². The Labute approximate surface area is 128 Å². The first-order valence-corrected chi connectivity index (χ1v) is 6.99. The topological polar surface area (TPSA) is 80.9 Å². The van der Waals surface area contributed by atoms with Crippen LogP contribution in [0.15, 0.2) is 48.5 Å². The van der Waals surface area contributed by atoms with Crippen LogP contribution >= 0.6 is 0 Å². The van der Waals surface area contributed by atoms with Gasteiger partial charge in [-0.1, -0.05) is 12.1 Å². The molecule has 0 fully saturated rings. The fourth-order valence-corrected chi connectivity index (χ4v) is 2.25. The summed E-state index contributed by atoms with van der Waals surface area (Å²) in [6.45, 7) is 1.88. The molecule has 0 aliphatic heterocycles. The van der Waals surface area contributed by atoms with Gasteiger partial charge in [0.05, 0.1) is 17.6 Å². The number of nitrogens with zero attached hydrogens (tertiary/aromatic N) is 2. The van der Waals surface area contributed by atoms with Gasteiger partial charge in [0.1, 0.15) is 5.82 Å². The van der Waals surface area contributed by atoms with E-state index in [4.69, 9.17) is 5.73 Å². The molecule has 0 spiro atoms. The fraction of sp³-hybridized carbons (Fsp3) is 0.118. The van der Waals surface area contributed by atoms with Gasteiger partial charge in [0.15, 0.2) is 0 Å². The lowest BCUT2D eigenvalue weighted by Gasteiger charge is -2.06. The number of rotatable bonds is 3. The highest BCUT2D eigenvalue weighted by molar-refractivity contribution is 5.91. The van der Waals surface area contributed by atoms with Crippen molar-refractivity contribution in [1.29, 1.82) is 0 Å². The maximum Gasteiger partial charge on any atom is 0.231 e. The second-order valence-electron chi connectivity index (χ2n) is 5.14. The SMILES string of the molecule is Cc1cccc(NC(=O)Cc2ccc3cc(N)ccc3n2)n1. The number of nitrogens with one attached hydrogen (secondary N) is 1. The molecule has 0 atom stereocenters. The highest BCUT2D eigenvalue weighted by Gasteiger charge is 2.07. The van der Waals surface area contributed by atoms with Gasteiger partial charge in [-0.3, -0.25) is 9.78 Å². The van der Waals surface area contributed by atoms with Crippen molar-refractivity contribution in [3.63, 3.8) is 0 Å². The van der Waals surface area contributed by atoms with E-state index in [2.05, 4.69) is 15.3 Å². The summed E-state index contributed by atoms with van der Waals surface area (Å²) in [7, 11) is 0. The van der Waals surface area contributed by atoms with Crippen molar-refractivity contribution in [3.05, 3.63) is 59.9 Å². The first-order chi connectivity index (χ1) is 10.6. The first-order valence-electron chi connectivity index (χ1n) is 6.99. The summed E-state index contributed by atoms with van der Waals surface area (Å²) in [6, 6.07) is 14.8. The molecule has 22 heavy (non-hydrogen) atoms. The van der Waals surface area contributed by atoms with Gasteiger partial charge in [-0.15, -0.1) is 0 Å². The molecule has 110 valence electrons. The third-order valence-corrected chi connectivity index (χ3v) is 3.27. The van der Waals surface area contributed by atoms with Gasteiger partial charge in [-0.2, -0.15) is 0 Å². The Kier molecular flexibility index (Phi) is 3.70. The lowest BCUT2D eigenvalue weighted by atomic mass is 10.1. The molecular formula is C17H16N4O. The second kappa shape index (κ2) is 5.81. The van der Waals surface area contributed by atoms with Gasteiger partial charge in [0.2, 0.25) is 5.91 Å². The third kappa shape index (κ3) is 3.20. The third-order valence-electron chi connectivity index (χ3n) is 3.27. The minimum Gasteiger partial charge on any atom is -0.399 e. The highest BCUT2D eigenvalue weighted by atomic mass is 16.1. The molecule has 2 heterocycles. The summed E-state index contributed by atoms with van der Waals surface area (Å²) in [6.07, 6.45) is 0.204. The molecule has 3 N–H and O–H groups in total. The van der Waals surface area contributed by atoms with Gasteiger partial charge < -0.3 is 11.1 Å². The molecule has 3 aromatic rings. The molecule has 1 aromatic carbocycles. The molecule has 0 radical (unpaired) electrons. The van der Waals surface area contributed by atoms with Crippen LogP contribution in [-0.2, 0) is 11.2 Å². The van der Waals surface area contributed by atoms with E-state index >= 15 is 0 Å². The smallest absolute Gasteiger partial charge is 0.231 e. The van der Waals surface area contributed by atoms with Gasteiger partial charge in [0, 0.05) is 16.8 Å². The van der Waals surface area contributed by atoms with Crippen LogP contribution < -0.4 is 11.1 Å². The average Bonchev–Trinajstić information content (AvgIpc) is 2.47. The Morgan fingerprint density at radius 3 is 2.82 bits per heavy atom. The quantitative estimate of drug-likeness (QED) is 0.727. The van der Waals surface area contributed by atoms with E-state index in [0.717, 1.165) is 16.6 Å². The van der Waals surface area contributed by atoms with Crippen LogP contribution in [0.2, 0.25) is 0 Å². The van der Waals surface area contributed by atoms with Gasteiger partial charge in [-0.05, 0) is 43.3 Å². The molecule has 0 saturated carbocycles. The summed E-state index contributed by atoms with van der Waals surface area (Å²) in [4.78, 5) is 20.8. The van der Waals surface area contributed by atoms with E-state index in [1.165, 1.54) is 0 Å². The summed E-state index contributed by atoms with van der Waals surface area (Å²) in [5, 5.41) is 3.74. The van der Waals surface area contributed by atoms with E-state index < -0.39 is 0 Å². The van der Waals surface area contributed by atoms with Crippen LogP contribution in [0.25, 0.3) is 10.9 Å². The monoisotopic (exact) mass is 292 g/mol. The number of pyridine rings is 2. The van der Waals surface area contributed by atoms with Gasteiger partial charge >= 0.3 is 0 Å². The highest BCUT2D eigenvalue weighted by Crippen LogP contribution is 2.16. The standard InChI is InChI=1S/C17H16N4O/c1-11-3-2-4-16(19-11)21-17(22)10-14-7-5-12-9-13(18)6-8-15(12)20-14/h2-9H,10,18H2,1H3,(H,19,21,22). The van der Waals surface area contributed by atoms with Crippen molar-refractivity contribution in [2.75, 3.05) is 11.1 Å². The molecule has 0 saturated heterocycles. The molecule has 2 aromatic heterocycles. The zero-order valence-electron chi connectivity index (χ0n) is 12.2. The van der Waals surface area contributed by atoms with Crippen LogP contribution in [0.5, 0.6) is 0 Å². The van der Waals surface area contributed by atoms with Gasteiger partial charge in [-0.25, -0.2) is 4.98 Å². The summed E-state index contributed by atoms with van der Waals surface area (Å²) >= 11 is 0. The van der Waals surface area contributed by atoms with Crippen LogP contribution in [0, 0.1) is 6.92 Å². The molecule has 5 nitrogen and oxygen atoms in total. The van der Waals surface area contributed by atoms with E-state index in [9.17, 15) is 4.79 Å². The number of aryl methyl sites for hydroxylation is 1. The number of nitrogens with two attached hydrogens (primary N) is 1. The number of carbonyl (C=O) groups is 1. The van der Waals surface area contributed by atoms with Crippen molar-refractivity contribution in [2.45, 2.75) is 13.3 Å². The Hall–Kier alpha value is -2.95. The number of hydrogen-bond acceptors (Lipinski definition) is 4. The second-order valence-corrected chi connectivity index (χ2v) is 5.14. The lowest BCUT2D eigenvalue weighted by Crippen LogP contribution is -2.16. The number of nitrogen functional groups attached to an aromatic ring is 1. The predicted molar refractivity (Wildman–Crippen MR) is 87.5 cm³/mol. The molecule has 0 aliphatic rings. The number of carbonyl (C=O) groups excluding carboxylic acids is 1. The average molecular weight is 292 g/mol. The van der Waals surface area contributed by atoms with Crippen molar-refractivity contribution in [1.82, 2.24) is 9.97 Å². The van der Waals surface area contributed by atoms with E-state index in [-0.39, 0.29) is 12.3 Å². The minimum atomic E-state index is -0.139. The summed E-state index contributed by atoms with van der Waals surface area (Å²) in [5.41, 5.74) is 8.84. The lowest BCUT2D eigenvalue weighted by molar-refractivity contribution is -0.115. The molecule has 0 unspecified atom stereocenters. The zero-order valence-corrected chi connectivity index (χ0v) is 12.2. The van der Waals surface area contributed by atoms with Crippen molar-refractivity contribution >= 4 is 28.3 Å². The van der Waals surface area contributed by atoms with E-state index in [1.54, 1.807) is 12.1 Å². The number of aromatic nitrogens is 2. The number of anilines is 2. The first kappa shape index (κ1) is 14.0. The number of hydrogen-bond donors (Lipinski definition) is 2. The normalized spacial score (nSPS) is 10.6. The number of fused-ring (bicyclic) bond motifs is 1. The van der Waals surface area contributed by atoms with Crippen LogP contribution in [-0.4, -0.2) is 15.9 Å². The molecule has 0 aliphatic carbocycles. The van der Waals surface area contributed by atoms with E-state index in [1.807, 2.05) is 43.3 Å². The maximum absolute atomic E-state index is 12.1. The summed E-state index contributed by atoms with van der Waals surface area (Å²) < 4.78 is 0.